The summed E-state index contributed by atoms with van der Waals surface area (Å²) in [6.07, 6.45) is -2.52. The quantitative estimate of drug-likeness (QED) is 0.808. The molecule has 1 aromatic heterocycles. The van der Waals surface area contributed by atoms with E-state index < -0.39 is 12.4 Å². The first-order valence-electron chi connectivity index (χ1n) is 6.02. The minimum absolute atomic E-state index is 0.0721. The highest BCUT2D eigenvalue weighted by Crippen LogP contribution is 2.20. The number of nitrogens with zero attached hydrogens (tertiary/aromatic N) is 3. The molecule has 0 spiro atoms. The number of esters is 1. The van der Waals surface area contributed by atoms with Gasteiger partial charge in [0.25, 0.3) is 6.43 Å². The minimum Gasteiger partial charge on any atom is -0.461 e. The van der Waals surface area contributed by atoms with Crippen molar-refractivity contribution in [3.63, 3.8) is 0 Å². The van der Waals surface area contributed by atoms with Gasteiger partial charge < -0.3 is 4.74 Å². The second-order valence-corrected chi connectivity index (χ2v) is 4.05. The Hall–Kier alpha value is -2.31. The van der Waals surface area contributed by atoms with Gasteiger partial charge in [-0.3, -0.25) is 0 Å². The second kappa shape index (κ2) is 5.77. The molecule has 5 nitrogen and oxygen atoms in total. The van der Waals surface area contributed by atoms with Crippen LogP contribution in [0.25, 0.3) is 5.69 Å². The molecule has 0 aliphatic carbocycles. The largest absolute Gasteiger partial charge is 0.461 e. The zero-order valence-electron chi connectivity index (χ0n) is 11.0. The number of alkyl halides is 2. The van der Waals surface area contributed by atoms with Crippen molar-refractivity contribution in [1.29, 1.82) is 0 Å². The fraction of sp³-hybridized carbons (Fsp3) is 0.308. The van der Waals surface area contributed by atoms with Crippen LogP contribution in [0.4, 0.5) is 8.78 Å². The number of hydrogen-bond donors (Lipinski definition) is 0. The van der Waals surface area contributed by atoms with Crippen molar-refractivity contribution in [2.24, 2.45) is 0 Å². The molecule has 0 bridgehead atoms. The summed E-state index contributed by atoms with van der Waals surface area (Å²) in [5, 5.41) is 7.60. The van der Waals surface area contributed by atoms with E-state index in [4.69, 9.17) is 4.74 Å². The Kier molecular flexibility index (Phi) is 4.07. The Bertz CT molecular complexity index is 609. The van der Waals surface area contributed by atoms with Crippen LogP contribution in [-0.4, -0.2) is 27.6 Å². The zero-order valence-corrected chi connectivity index (χ0v) is 11.0. The number of carbonyl (C=O) groups excluding carboxylic acids is 1. The van der Waals surface area contributed by atoms with Crippen LogP contribution in [0.3, 0.4) is 0 Å². The van der Waals surface area contributed by atoms with E-state index in [1.807, 2.05) is 0 Å². The summed E-state index contributed by atoms with van der Waals surface area (Å²) in [5.74, 6) is -0.555. The van der Waals surface area contributed by atoms with Crippen molar-refractivity contribution in [2.45, 2.75) is 20.3 Å². The third-order valence-electron chi connectivity index (χ3n) is 2.75. The predicted molar refractivity (Wildman–Crippen MR) is 67.0 cm³/mol. The fourth-order valence-corrected chi connectivity index (χ4v) is 1.72. The second-order valence-electron chi connectivity index (χ2n) is 4.05. The molecule has 20 heavy (non-hydrogen) atoms. The minimum atomic E-state index is -2.52. The fourth-order valence-electron chi connectivity index (χ4n) is 1.72. The van der Waals surface area contributed by atoms with Gasteiger partial charge in [-0.1, -0.05) is 17.3 Å². The van der Waals surface area contributed by atoms with Gasteiger partial charge in [0.1, 0.15) is 0 Å². The Morgan fingerprint density at radius 3 is 2.55 bits per heavy atom. The molecule has 106 valence electrons. The predicted octanol–water partition coefficient (Wildman–Crippen LogP) is 2.69. The summed E-state index contributed by atoms with van der Waals surface area (Å²) in [6, 6.07) is 5.62. The van der Waals surface area contributed by atoms with Gasteiger partial charge in [0, 0.05) is 5.56 Å². The van der Waals surface area contributed by atoms with Crippen molar-refractivity contribution in [1.82, 2.24) is 15.0 Å². The lowest BCUT2D eigenvalue weighted by molar-refractivity contribution is 0.0518. The van der Waals surface area contributed by atoms with Crippen LogP contribution < -0.4 is 0 Å². The molecule has 2 aromatic rings. The van der Waals surface area contributed by atoms with E-state index in [1.54, 1.807) is 13.8 Å². The molecule has 0 radical (unpaired) electrons. The Labute approximate surface area is 114 Å². The summed E-state index contributed by atoms with van der Waals surface area (Å²) < 4.78 is 31.2. The summed E-state index contributed by atoms with van der Waals surface area (Å²) in [7, 11) is 0. The Morgan fingerprint density at radius 1 is 1.35 bits per heavy atom. The SMILES string of the molecule is CCOC(=O)c1nnn(-c2ccc(C(F)F)cc2)c1C. The molecule has 0 unspecified atom stereocenters. The molecule has 0 fully saturated rings. The van der Waals surface area contributed by atoms with Crippen molar-refractivity contribution in [3.8, 4) is 5.69 Å². The lowest BCUT2D eigenvalue weighted by atomic mass is 10.2. The number of halogens is 2. The van der Waals surface area contributed by atoms with Crippen molar-refractivity contribution < 1.29 is 18.3 Å². The van der Waals surface area contributed by atoms with Gasteiger partial charge in [0.2, 0.25) is 0 Å². The van der Waals surface area contributed by atoms with Gasteiger partial charge in [0.15, 0.2) is 5.69 Å². The van der Waals surface area contributed by atoms with Gasteiger partial charge in [0.05, 0.1) is 18.0 Å². The van der Waals surface area contributed by atoms with Crippen LogP contribution in [0.2, 0.25) is 0 Å². The van der Waals surface area contributed by atoms with Crippen molar-refractivity contribution >= 4 is 5.97 Å². The average molecular weight is 281 g/mol. The molecule has 0 amide bonds. The molecule has 0 aliphatic heterocycles. The van der Waals surface area contributed by atoms with Gasteiger partial charge in [-0.15, -0.1) is 5.10 Å². The standard InChI is InChI=1S/C13H13F2N3O2/c1-3-20-13(19)11-8(2)18(17-16-11)10-6-4-9(5-7-10)12(14)15/h4-7,12H,3H2,1-2H3. The number of hydrogen-bond acceptors (Lipinski definition) is 4. The lowest BCUT2D eigenvalue weighted by Gasteiger charge is -2.05. The molecule has 1 aromatic carbocycles. The molecular weight excluding hydrogens is 268 g/mol. The summed E-state index contributed by atoms with van der Waals surface area (Å²) in [4.78, 5) is 11.6. The highest BCUT2D eigenvalue weighted by atomic mass is 19.3. The van der Waals surface area contributed by atoms with Gasteiger partial charge >= 0.3 is 5.97 Å². The van der Waals surface area contributed by atoms with Gasteiger partial charge in [-0.05, 0) is 26.0 Å². The van der Waals surface area contributed by atoms with Crippen molar-refractivity contribution in [3.05, 3.63) is 41.2 Å². The molecule has 0 N–H and O–H groups in total. The molecule has 0 saturated carbocycles. The monoisotopic (exact) mass is 281 g/mol. The van der Waals surface area contributed by atoms with Crippen molar-refractivity contribution in [2.75, 3.05) is 6.61 Å². The van der Waals surface area contributed by atoms with Crippen LogP contribution in [0.15, 0.2) is 24.3 Å². The number of rotatable bonds is 4. The maximum absolute atomic E-state index is 12.5. The Balaban J connectivity index is 2.32. The first kappa shape index (κ1) is 14.1. The van der Waals surface area contributed by atoms with Crippen LogP contribution in [0.1, 0.15) is 35.1 Å². The number of benzene rings is 1. The lowest BCUT2D eigenvalue weighted by Crippen LogP contribution is -2.07. The normalized spacial score (nSPS) is 10.8. The average Bonchev–Trinajstić information content (AvgIpc) is 2.81. The van der Waals surface area contributed by atoms with Crippen LogP contribution in [0.5, 0.6) is 0 Å². The maximum Gasteiger partial charge on any atom is 0.360 e. The maximum atomic E-state index is 12.5. The zero-order chi connectivity index (χ0) is 14.7. The van der Waals surface area contributed by atoms with E-state index in [2.05, 4.69) is 10.3 Å². The molecule has 0 atom stereocenters. The number of aromatic nitrogens is 3. The molecule has 0 aliphatic rings. The van der Waals surface area contributed by atoms with E-state index >= 15 is 0 Å². The molecule has 1 heterocycles. The van der Waals surface area contributed by atoms with Crippen LogP contribution in [0, 0.1) is 6.92 Å². The van der Waals surface area contributed by atoms with E-state index in [1.165, 1.54) is 28.9 Å². The molecule has 0 saturated heterocycles. The Morgan fingerprint density at radius 2 is 2.00 bits per heavy atom. The smallest absolute Gasteiger partial charge is 0.360 e. The molecule has 2 rings (SSSR count). The third-order valence-corrected chi connectivity index (χ3v) is 2.75. The van der Waals surface area contributed by atoms with E-state index in [9.17, 15) is 13.6 Å². The first-order chi connectivity index (χ1) is 9.54. The van der Waals surface area contributed by atoms with Crippen LogP contribution in [-0.2, 0) is 4.74 Å². The highest BCUT2D eigenvalue weighted by Gasteiger charge is 2.18. The van der Waals surface area contributed by atoms with E-state index in [0.717, 1.165) is 0 Å². The molecular formula is C13H13F2N3O2. The first-order valence-corrected chi connectivity index (χ1v) is 6.02. The topological polar surface area (TPSA) is 57.0 Å². The summed E-state index contributed by atoms with van der Waals surface area (Å²) in [6.45, 7) is 3.60. The highest BCUT2D eigenvalue weighted by molar-refractivity contribution is 5.88. The van der Waals surface area contributed by atoms with Crippen LogP contribution >= 0.6 is 0 Å². The van der Waals surface area contributed by atoms with E-state index in [0.29, 0.717) is 11.4 Å². The molecule has 7 heteroatoms. The number of carbonyl (C=O) groups is 1. The number of ether oxygens (including phenoxy) is 1. The van der Waals surface area contributed by atoms with E-state index in [-0.39, 0.29) is 17.9 Å². The summed E-state index contributed by atoms with van der Waals surface area (Å²) >= 11 is 0. The summed E-state index contributed by atoms with van der Waals surface area (Å²) in [5.41, 5.74) is 1.09. The van der Waals surface area contributed by atoms with Gasteiger partial charge in [-0.25, -0.2) is 18.3 Å². The third kappa shape index (κ3) is 2.66. The van der Waals surface area contributed by atoms with Gasteiger partial charge in [-0.2, -0.15) is 0 Å².